The lowest BCUT2D eigenvalue weighted by molar-refractivity contribution is 0.131. The molecule has 0 atom stereocenters. The van der Waals surface area contributed by atoms with E-state index in [-0.39, 0.29) is 0 Å². The first-order chi connectivity index (χ1) is 9.28. The van der Waals surface area contributed by atoms with Gasteiger partial charge in [0.25, 0.3) is 0 Å². The van der Waals surface area contributed by atoms with Crippen molar-refractivity contribution in [3.63, 3.8) is 0 Å². The number of nitrogens with one attached hydrogen (secondary N) is 2. The summed E-state index contributed by atoms with van der Waals surface area (Å²) in [7, 11) is 3.76. The molecule has 0 radical (unpaired) electrons. The van der Waals surface area contributed by atoms with Gasteiger partial charge in [-0.15, -0.1) is 0 Å². The third-order valence-corrected chi connectivity index (χ3v) is 4.22. The van der Waals surface area contributed by atoms with E-state index in [1.165, 1.54) is 24.8 Å². The van der Waals surface area contributed by atoms with Crippen LogP contribution in [0.3, 0.4) is 0 Å². The van der Waals surface area contributed by atoms with Gasteiger partial charge in [-0.1, -0.05) is 18.6 Å². The molecule has 3 heteroatoms. The zero-order chi connectivity index (χ0) is 13.6. The van der Waals surface area contributed by atoms with Crippen molar-refractivity contribution in [1.29, 1.82) is 0 Å². The van der Waals surface area contributed by atoms with Gasteiger partial charge in [0.05, 0.1) is 7.11 Å². The smallest absolute Gasteiger partial charge is 0.118 e. The largest absolute Gasteiger partial charge is 0.497 e. The molecule has 3 nitrogen and oxygen atoms in total. The van der Waals surface area contributed by atoms with Crippen molar-refractivity contribution in [2.24, 2.45) is 5.41 Å². The molecule has 1 aromatic carbocycles. The molecular formula is C16H26N2O. The van der Waals surface area contributed by atoms with Crippen LogP contribution >= 0.6 is 0 Å². The highest BCUT2D eigenvalue weighted by atomic mass is 16.5. The van der Waals surface area contributed by atoms with Crippen molar-refractivity contribution in [2.45, 2.75) is 25.7 Å². The highest BCUT2D eigenvalue weighted by molar-refractivity contribution is 5.27. The third kappa shape index (κ3) is 3.95. The Bertz CT molecular complexity index is 371. The number of benzene rings is 1. The van der Waals surface area contributed by atoms with Crippen molar-refractivity contribution in [3.05, 3.63) is 29.8 Å². The van der Waals surface area contributed by atoms with Gasteiger partial charge in [0.1, 0.15) is 5.75 Å². The van der Waals surface area contributed by atoms with E-state index >= 15 is 0 Å². The molecule has 2 N–H and O–H groups in total. The molecule has 0 saturated heterocycles. The molecule has 1 saturated carbocycles. The summed E-state index contributed by atoms with van der Waals surface area (Å²) in [6.07, 6.45) is 5.20. The van der Waals surface area contributed by atoms with E-state index in [2.05, 4.69) is 29.8 Å². The van der Waals surface area contributed by atoms with Gasteiger partial charge in [0.2, 0.25) is 0 Å². The Kier molecular flexibility index (Phi) is 5.23. The van der Waals surface area contributed by atoms with Crippen LogP contribution in [-0.2, 0) is 6.42 Å². The fourth-order valence-electron chi connectivity index (χ4n) is 2.85. The Morgan fingerprint density at radius 2 is 1.89 bits per heavy atom. The van der Waals surface area contributed by atoms with E-state index in [0.717, 1.165) is 31.8 Å². The van der Waals surface area contributed by atoms with E-state index < -0.39 is 0 Å². The van der Waals surface area contributed by atoms with E-state index in [0.29, 0.717) is 5.41 Å². The second kappa shape index (κ2) is 6.92. The summed E-state index contributed by atoms with van der Waals surface area (Å²) in [6.45, 7) is 3.34. The number of rotatable bonds is 8. The van der Waals surface area contributed by atoms with Crippen molar-refractivity contribution in [2.75, 3.05) is 33.8 Å². The SMILES string of the molecule is CNCC1(CNCCc2ccc(OC)cc2)CCC1. The van der Waals surface area contributed by atoms with Crippen LogP contribution in [0, 0.1) is 5.41 Å². The van der Waals surface area contributed by atoms with Crippen LogP contribution in [0.1, 0.15) is 24.8 Å². The second-order valence-corrected chi connectivity index (χ2v) is 5.66. The summed E-state index contributed by atoms with van der Waals surface area (Å²) >= 11 is 0. The highest BCUT2D eigenvalue weighted by Crippen LogP contribution is 2.39. The van der Waals surface area contributed by atoms with Crippen molar-refractivity contribution >= 4 is 0 Å². The molecule has 0 heterocycles. The van der Waals surface area contributed by atoms with Gasteiger partial charge < -0.3 is 15.4 Å². The van der Waals surface area contributed by atoms with Crippen LogP contribution in [0.5, 0.6) is 5.75 Å². The molecule has 1 fully saturated rings. The average Bonchev–Trinajstić information content (AvgIpc) is 2.41. The Labute approximate surface area is 116 Å². The first-order valence-electron chi connectivity index (χ1n) is 7.26. The van der Waals surface area contributed by atoms with Gasteiger partial charge >= 0.3 is 0 Å². The minimum absolute atomic E-state index is 0.522. The first kappa shape index (κ1) is 14.4. The normalized spacial score (nSPS) is 16.9. The number of hydrogen-bond donors (Lipinski definition) is 2. The lowest BCUT2D eigenvalue weighted by atomic mass is 9.68. The number of methoxy groups -OCH3 is 1. The van der Waals surface area contributed by atoms with E-state index in [4.69, 9.17) is 4.74 Å². The van der Waals surface area contributed by atoms with Crippen molar-refractivity contribution < 1.29 is 4.74 Å². The molecule has 0 spiro atoms. The minimum atomic E-state index is 0.522. The van der Waals surface area contributed by atoms with Gasteiger partial charge in [-0.2, -0.15) is 0 Å². The maximum Gasteiger partial charge on any atom is 0.118 e. The molecule has 0 unspecified atom stereocenters. The first-order valence-corrected chi connectivity index (χ1v) is 7.26. The predicted molar refractivity (Wildman–Crippen MR) is 79.8 cm³/mol. The standard InChI is InChI=1S/C16H26N2O/c1-17-12-16(9-3-10-16)13-18-11-8-14-4-6-15(19-2)7-5-14/h4-7,17-18H,3,8-13H2,1-2H3. The predicted octanol–water partition coefficient (Wildman–Crippen LogP) is 2.22. The summed E-state index contributed by atoms with van der Waals surface area (Å²) < 4.78 is 5.17. The Balaban J connectivity index is 1.68. The van der Waals surface area contributed by atoms with E-state index in [9.17, 15) is 0 Å². The molecule has 1 aliphatic rings. The van der Waals surface area contributed by atoms with Crippen LogP contribution in [0.4, 0.5) is 0 Å². The van der Waals surface area contributed by atoms with Gasteiger partial charge in [-0.05, 0) is 56.0 Å². The Morgan fingerprint density at radius 1 is 1.16 bits per heavy atom. The maximum atomic E-state index is 5.17. The second-order valence-electron chi connectivity index (χ2n) is 5.66. The monoisotopic (exact) mass is 262 g/mol. The van der Waals surface area contributed by atoms with E-state index in [1.54, 1.807) is 7.11 Å². The topological polar surface area (TPSA) is 33.3 Å². The molecule has 1 aliphatic carbocycles. The van der Waals surface area contributed by atoms with E-state index in [1.807, 2.05) is 12.1 Å². The number of hydrogen-bond acceptors (Lipinski definition) is 3. The van der Waals surface area contributed by atoms with Crippen molar-refractivity contribution in [1.82, 2.24) is 10.6 Å². The third-order valence-electron chi connectivity index (χ3n) is 4.22. The van der Waals surface area contributed by atoms with Gasteiger partial charge in [-0.25, -0.2) is 0 Å². The fourth-order valence-corrected chi connectivity index (χ4v) is 2.85. The Hall–Kier alpha value is -1.06. The molecule has 0 aliphatic heterocycles. The summed E-state index contributed by atoms with van der Waals surface area (Å²) in [6, 6.07) is 8.36. The van der Waals surface area contributed by atoms with Crippen LogP contribution in [0.25, 0.3) is 0 Å². The molecule has 0 amide bonds. The summed E-state index contributed by atoms with van der Waals surface area (Å²) in [4.78, 5) is 0. The lowest BCUT2D eigenvalue weighted by Crippen LogP contribution is -2.46. The molecule has 1 aromatic rings. The van der Waals surface area contributed by atoms with Gasteiger partial charge in [-0.3, -0.25) is 0 Å². The van der Waals surface area contributed by atoms with Gasteiger partial charge in [0.15, 0.2) is 0 Å². The summed E-state index contributed by atoms with van der Waals surface area (Å²) in [5.74, 6) is 0.930. The lowest BCUT2D eigenvalue weighted by Gasteiger charge is -2.42. The molecular weight excluding hydrogens is 236 g/mol. The quantitative estimate of drug-likeness (QED) is 0.705. The van der Waals surface area contributed by atoms with Crippen LogP contribution < -0.4 is 15.4 Å². The van der Waals surface area contributed by atoms with Gasteiger partial charge in [0, 0.05) is 13.1 Å². The Morgan fingerprint density at radius 3 is 2.42 bits per heavy atom. The zero-order valence-corrected chi connectivity index (χ0v) is 12.2. The number of ether oxygens (including phenoxy) is 1. The molecule has 19 heavy (non-hydrogen) atoms. The molecule has 0 bridgehead atoms. The average molecular weight is 262 g/mol. The molecule has 0 aromatic heterocycles. The summed E-state index contributed by atoms with van der Waals surface area (Å²) in [5.41, 5.74) is 1.89. The zero-order valence-electron chi connectivity index (χ0n) is 12.2. The minimum Gasteiger partial charge on any atom is -0.497 e. The molecule has 2 rings (SSSR count). The summed E-state index contributed by atoms with van der Waals surface area (Å²) in [5, 5.41) is 6.95. The molecule has 106 valence electrons. The van der Waals surface area contributed by atoms with Crippen LogP contribution in [-0.4, -0.2) is 33.8 Å². The maximum absolute atomic E-state index is 5.17. The fraction of sp³-hybridized carbons (Fsp3) is 0.625. The van der Waals surface area contributed by atoms with Crippen molar-refractivity contribution in [3.8, 4) is 5.75 Å². The van der Waals surface area contributed by atoms with Crippen LogP contribution in [0.2, 0.25) is 0 Å². The van der Waals surface area contributed by atoms with Crippen LogP contribution in [0.15, 0.2) is 24.3 Å². The highest BCUT2D eigenvalue weighted by Gasteiger charge is 2.35.